The van der Waals surface area contributed by atoms with E-state index in [9.17, 15) is 0 Å². The molecule has 0 amide bonds. The molecule has 2 unspecified atom stereocenters. The molecule has 1 nitrogen and oxygen atoms in total. The zero-order chi connectivity index (χ0) is 26.7. The normalized spacial score (nSPS) is 19.7. The highest BCUT2D eigenvalue weighted by atomic mass is 28.3. The number of hydrogen-bond donors (Lipinski definition) is 0. The molecule has 0 spiro atoms. The van der Waals surface area contributed by atoms with Gasteiger partial charge in [0, 0.05) is 29.4 Å². The summed E-state index contributed by atoms with van der Waals surface area (Å²) in [6.45, 7) is 10.8. The molecular formula is C37H36NSi. The zero-order valence-corrected chi connectivity index (χ0v) is 24.5. The fourth-order valence-corrected chi connectivity index (χ4v) is 9.49. The second kappa shape index (κ2) is 9.53. The maximum Gasteiger partial charge on any atom is 0.0552 e. The Balaban J connectivity index is 1.42. The lowest BCUT2D eigenvalue weighted by Gasteiger charge is -2.33. The summed E-state index contributed by atoms with van der Waals surface area (Å²) in [7, 11) is -0.569. The van der Waals surface area contributed by atoms with Crippen molar-refractivity contribution in [1.29, 1.82) is 0 Å². The average molecular weight is 523 g/mol. The van der Waals surface area contributed by atoms with Gasteiger partial charge >= 0.3 is 0 Å². The van der Waals surface area contributed by atoms with Crippen LogP contribution in [-0.4, -0.2) is 15.3 Å². The SMILES string of the molecule is CC1=Cc2c(cccc2N2CCCc3ccccc32)C1C1=C(C)C([Si](C)C)c2cccc(-c3ccccc3)c21. The minimum atomic E-state index is -0.569. The number of allylic oxidation sites excluding steroid dienone is 3. The molecule has 4 aromatic rings. The van der Waals surface area contributed by atoms with Crippen LogP contribution in [0.1, 0.15) is 59.5 Å². The Morgan fingerprint density at radius 2 is 1.46 bits per heavy atom. The molecule has 2 aliphatic carbocycles. The van der Waals surface area contributed by atoms with Gasteiger partial charge in [0.15, 0.2) is 0 Å². The highest BCUT2D eigenvalue weighted by Crippen LogP contribution is 2.57. The Kier molecular flexibility index (Phi) is 5.97. The minimum absolute atomic E-state index is 0.301. The Bertz CT molecular complexity index is 1640. The molecule has 0 N–H and O–H groups in total. The molecule has 1 aliphatic heterocycles. The second-order valence-electron chi connectivity index (χ2n) is 11.7. The summed E-state index contributed by atoms with van der Waals surface area (Å²) in [6.07, 6.45) is 4.86. The number of hydrogen-bond acceptors (Lipinski definition) is 1. The highest BCUT2D eigenvalue weighted by molar-refractivity contribution is 6.59. The summed E-state index contributed by atoms with van der Waals surface area (Å²) in [5.74, 6) is 0.301. The number of benzene rings is 4. The van der Waals surface area contributed by atoms with E-state index in [1.165, 1.54) is 63.2 Å². The van der Waals surface area contributed by atoms with E-state index in [0.717, 1.165) is 6.54 Å². The molecule has 1 heterocycles. The Morgan fingerprint density at radius 1 is 0.744 bits per heavy atom. The Labute approximate surface area is 235 Å². The van der Waals surface area contributed by atoms with E-state index < -0.39 is 8.80 Å². The summed E-state index contributed by atoms with van der Waals surface area (Å²) in [5.41, 5.74) is 18.0. The molecule has 39 heavy (non-hydrogen) atoms. The topological polar surface area (TPSA) is 3.24 Å². The van der Waals surface area contributed by atoms with Crippen LogP contribution in [0.5, 0.6) is 0 Å². The molecule has 0 saturated carbocycles. The molecule has 2 atom stereocenters. The van der Waals surface area contributed by atoms with Crippen LogP contribution in [0.3, 0.4) is 0 Å². The molecule has 4 aromatic carbocycles. The van der Waals surface area contributed by atoms with Crippen molar-refractivity contribution in [3.8, 4) is 11.1 Å². The Morgan fingerprint density at radius 3 is 2.28 bits per heavy atom. The molecule has 0 bridgehead atoms. The fourth-order valence-electron chi connectivity index (χ4n) is 7.61. The van der Waals surface area contributed by atoms with Crippen molar-refractivity contribution in [2.24, 2.45) is 0 Å². The van der Waals surface area contributed by atoms with Crippen LogP contribution in [0.25, 0.3) is 22.8 Å². The number of aryl methyl sites for hydroxylation is 1. The van der Waals surface area contributed by atoms with Crippen molar-refractivity contribution in [2.45, 2.75) is 51.2 Å². The lowest BCUT2D eigenvalue weighted by Crippen LogP contribution is -2.25. The quantitative estimate of drug-likeness (QED) is 0.241. The molecule has 1 radical (unpaired) electrons. The molecular weight excluding hydrogens is 487 g/mol. The second-order valence-corrected chi connectivity index (χ2v) is 14.5. The summed E-state index contributed by atoms with van der Waals surface area (Å²) in [4.78, 5) is 2.57. The summed E-state index contributed by atoms with van der Waals surface area (Å²) in [6, 6.07) is 34.1. The van der Waals surface area contributed by atoms with Gasteiger partial charge in [0.1, 0.15) is 0 Å². The molecule has 0 aromatic heterocycles. The monoisotopic (exact) mass is 522 g/mol. The van der Waals surface area contributed by atoms with E-state index >= 15 is 0 Å². The minimum Gasteiger partial charge on any atom is -0.341 e. The van der Waals surface area contributed by atoms with Crippen molar-refractivity contribution in [3.63, 3.8) is 0 Å². The number of rotatable bonds is 4. The van der Waals surface area contributed by atoms with Gasteiger partial charge in [-0.1, -0.05) is 109 Å². The van der Waals surface area contributed by atoms with Gasteiger partial charge in [0.25, 0.3) is 0 Å². The van der Waals surface area contributed by atoms with E-state index in [0.29, 0.717) is 11.5 Å². The van der Waals surface area contributed by atoms with Crippen LogP contribution in [0, 0.1) is 0 Å². The van der Waals surface area contributed by atoms with E-state index in [2.05, 4.69) is 129 Å². The number of nitrogens with zero attached hydrogens (tertiary/aromatic N) is 1. The third kappa shape index (κ3) is 3.80. The smallest absolute Gasteiger partial charge is 0.0552 e. The standard InChI is InChI=1S/C37H36NSi/c1-24-23-31-29(18-11-21-33(31)38-22-12-16-27-15-8-9-20-32(27)38)34(24)35-25(2)37(39(3)4)30-19-10-17-28(36(30)35)26-13-6-5-7-14-26/h5-11,13-15,17-21,23,34,37H,12,16,22H2,1-4H3. The lowest BCUT2D eigenvalue weighted by atomic mass is 9.81. The van der Waals surface area contributed by atoms with Gasteiger partial charge in [-0.3, -0.25) is 0 Å². The van der Waals surface area contributed by atoms with Crippen molar-refractivity contribution in [2.75, 3.05) is 11.4 Å². The fraction of sp³-hybridized carbons (Fsp3) is 0.243. The van der Waals surface area contributed by atoms with Gasteiger partial charge in [-0.05, 0) is 83.3 Å². The maximum absolute atomic E-state index is 2.57. The van der Waals surface area contributed by atoms with Gasteiger partial charge < -0.3 is 4.90 Å². The predicted molar refractivity (Wildman–Crippen MR) is 169 cm³/mol. The largest absolute Gasteiger partial charge is 0.341 e. The van der Waals surface area contributed by atoms with Crippen LogP contribution in [0.2, 0.25) is 13.1 Å². The van der Waals surface area contributed by atoms with Crippen LogP contribution in [-0.2, 0) is 6.42 Å². The number of anilines is 2. The van der Waals surface area contributed by atoms with Gasteiger partial charge in [-0.2, -0.15) is 0 Å². The van der Waals surface area contributed by atoms with Crippen molar-refractivity contribution >= 4 is 31.8 Å². The third-order valence-corrected chi connectivity index (χ3v) is 11.0. The van der Waals surface area contributed by atoms with E-state index in [-0.39, 0.29) is 0 Å². The molecule has 0 fully saturated rings. The van der Waals surface area contributed by atoms with Crippen LogP contribution < -0.4 is 4.90 Å². The molecule has 3 aliphatic rings. The first-order chi connectivity index (χ1) is 19.0. The van der Waals surface area contributed by atoms with Crippen molar-refractivity contribution in [1.82, 2.24) is 0 Å². The first-order valence-corrected chi connectivity index (χ1v) is 17.0. The van der Waals surface area contributed by atoms with Gasteiger partial charge in [0.2, 0.25) is 0 Å². The Hall–Kier alpha value is -3.62. The predicted octanol–water partition coefficient (Wildman–Crippen LogP) is 9.80. The van der Waals surface area contributed by atoms with E-state index in [1.54, 1.807) is 16.7 Å². The summed E-state index contributed by atoms with van der Waals surface area (Å²) in [5, 5.41) is 0. The molecule has 7 rings (SSSR count). The third-order valence-electron chi connectivity index (χ3n) is 9.14. The number of fused-ring (bicyclic) bond motifs is 3. The summed E-state index contributed by atoms with van der Waals surface area (Å²) >= 11 is 0. The maximum atomic E-state index is 2.57. The van der Waals surface area contributed by atoms with E-state index in [4.69, 9.17) is 0 Å². The van der Waals surface area contributed by atoms with Crippen LogP contribution >= 0.6 is 0 Å². The van der Waals surface area contributed by atoms with Crippen LogP contribution in [0.4, 0.5) is 11.4 Å². The highest BCUT2D eigenvalue weighted by Gasteiger charge is 2.40. The lowest BCUT2D eigenvalue weighted by molar-refractivity contribution is 0.766. The van der Waals surface area contributed by atoms with E-state index in [1.807, 2.05) is 0 Å². The summed E-state index contributed by atoms with van der Waals surface area (Å²) < 4.78 is 0. The first kappa shape index (κ1) is 24.4. The molecule has 2 heteroatoms. The molecule has 193 valence electrons. The number of para-hydroxylation sites is 1. The van der Waals surface area contributed by atoms with Gasteiger partial charge in [-0.25, -0.2) is 0 Å². The van der Waals surface area contributed by atoms with Crippen molar-refractivity contribution < 1.29 is 0 Å². The zero-order valence-electron chi connectivity index (χ0n) is 23.5. The van der Waals surface area contributed by atoms with Crippen molar-refractivity contribution in [3.05, 3.63) is 130 Å². The first-order valence-electron chi connectivity index (χ1n) is 14.4. The van der Waals surface area contributed by atoms with Gasteiger partial charge in [0.05, 0.1) is 8.80 Å². The average Bonchev–Trinajstić information content (AvgIpc) is 3.45. The van der Waals surface area contributed by atoms with Gasteiger partial charge in [-0.15, -0.1) is 0 Å². The molecule has 0 saturated heterocycles. The van der Waals surface area contributed by atoms with Crippen LogP contribution in [0.15, 0.2) is 102 Å².